The van der Waals surface area contributed by atoms with Gasteiger partial charge in [0.05, 0.1) is 21.5 Å². The van der Waals surface area contributed by atoms with Crippen molar-refractivity contribution in [3.63, 3.8) is 0 Å². The molecule has 0 saturated carbocycles. The third-order valence-electron chi connectivity index (χ3n) is 6.82. The minimum absolute atomic E-state index is 0.0113. The Morgan fingerprint density at radius 3 is 2.50 bits per heavy atom. The molecule has 3 unspecified atom stereocenters. The molecule has 4 aromatic rings. The average Bonchev–Trinajstić information content (AvgIpc) is 3.45. The Bertz CT molecular complexity index is 1360. The van der Waals surface area contributed by atoms with E-state index in [9.17, 15) is 5.11 Å². The molecule has 0 aliphatic carbocycles. The van der Waals surface area contributed by atoms with Gasteiger partial charge in [-0.1, -0.05) is 49.4 Å². The van der Waals surface area contributed by atoms with Gasteiger partial charge in [0.1, 0.15) is 16.9 Å². The van der Waals surface area contributed by atoms with Crippen molar-refractivity contribution in [2.45, 2.75) is 58.8 Å². The van der Waals surface area contributed by atoms with Gasteiger partial charge in [-0.3, -0.25) is 0 Å². The zero-order chi connectivity index (χ0) is 26.9. The van der Waals surface area contributed by atoms with Crippen LogP contribution in [0.1, 0.15) is 38.4 Å². The van der Waals surface area contributed by atoms with E-state index in [1.807, 2.05) is 76.0 Å². The second-order valence-electron chi connectivity index (χ2n) is 10.2. The highest BCUT2D eigenvalue weighted by Crippen LogP contribution is 2.39. The lowest BCUT2D eigenvalue weighted by atomic mass is 9.99. The molecule has 1 saturated heterocycles. The summed E-state index contributed by atoms with van der Waals surface area (Å²) in [7, 11) is 1.99. The minimum atomic E-state index is -0.796. The number of nitrogens with one attached hydrogen (secondary N) is 1. The van der Waals surface area contributed by atoms with Crippen LogP contribution in [0.25, 0.3) is 20.8 Å². The predicted octanol–water partition coefficient (Wildman–Crippen LogP) is 5.61. The lowest BCUT2D eigenvalue weighted by Crippen LogP contribution is -2.38. The van der Waals surface area contributed by atoms with Crippen LogP contribution in [-0.2, 0) is 16.0 Å². The van der Waals surface area contributed by atoms with Gasteiger partial charge in [-0.2, -0.15) is 4.98 Å². The summed E-state index contributed by atoms with van der Waals surface area (Å²) >= 11 is 1.61. The first kappa shape index (κ1) is 26.5. The average molecular weight is 534 g/mol. The van der Waals surface area contributed by atoms with Gasteiger partial charge in [-0.15, -0.1) is 11.3 Å². The molecule has 2 aromatic heterocycles. The molecule has 3 heterocycles. The van der Waals surface area contributed by atoms with Gasteiger partial charge >= 0.3 is 0 Å². The van der Waals surface area contributed by atoms with Crippen molar-refractivity contribution in [2.24, 2.45) is 5.92 Å². The normalized spacial score (nSPS) is 19.5. The quantitative estimate of drug-likeness (QED) is 0.287. The summed E-state index contributed by atoms with van der Waals surface area (Å²) in [5.41, 5.74) is 3.77. The largest absolute Gasteiger partial charge is 0.396 e. The van der Waals surface area contributed by atoms with Crippen LogP contribution < -0.4 is 10.2 Å². The summed E-state index contributed by atoms with van der Waals surface area (Å²) in [6.45, 7) is 8.50. The third-order valence-corrected chi connectivity index (χ3v) is 7.88. The predicted molar refractivity (Wildman–Crippen MR) is 152 cm³/mol. The van der Waals surface area contributed by atoms with Gasteiger partial charge in [0.25, 0.3) is 0 Å². The standard InChI is InChI=1S/C29H35N5O3S/c1-6-20(17-35)24-26(37-29(3,4)36-24)32-25-23(27-31-21-14-10-11-15-22(21)38-27)18(2)30-28(33-25)34(5)16-19-12-8-7-9-13-19/h7-15,20,24,26,35H,6,16-17H2,1-5H3,(H,30,32,33). The fourth-order valence-electron chi connectivity index (χ4n) is 4.84. The third kappa shape index (κ3) is 5.51. The van der Waals surface area contributed by atoms with E-state index < -0.39 is 12.0 Å². The van der Waals surface area contributed by atoms with Gasteiger partial charge in [0.2, 0.25) is 5.95 Å². The summed E-state index contributed by atoms with van der Waals surface area (Å²) in [6.07, 6.45) is -0.0852. The van der Waals surface area contributed by atoms with Gasteiger partial charge in [-0.05, 0) is 44.9 Å². The fraction of sp³-hybridized carbons (Fsp3) is 0.414. The number of ether oxygens (including phenoxy) is 2. The fourth-order valence-corrected chi connectivity index (χ4v) is 5.91. The Kier molecular flexibility index (Phi) is 7.63. The van der Waals surface area contributed by atoms with Gasteiger partial charge < -0.3 is 24.8 Å². The van der Waals surface area contributed by atoms with Crippen molar-refractivity contribution in [1.82, 2.24) is 15.0 Å². The molecule has 8 nitrogen and oxygen atoms in total. The Balaban J connectivity index is 1.57. The summed E-state index contributed by atoms with van der Waals surface area (Å²) in [5, 5.41) is 14.4. The highest BCUT2D eigenvalue weighted by atomic mass is 32.1. The maximum Gasteiger partial charge on any atom is 0.227 e. The Labute approximate surface area is 227 Å². The van der Waals surface area contributed by atoms with E-state index in [0.717, 1.165) is 32.9 Å². The number of fused-ring (bicyclic) bond motifs is 1. The van der Waals surface area contributed by atoms with E-state index in [2.05, 4.69) is 23.5 Å². The maximum atomic E-state index is 10.1. The van der Waals surface area contributed by atoms with Crippen molar-refractivity contribution in [2.75, 3.05) is 23.9 Å². The number of nitrogens with zero attached hydrogens (tertiary/aromatic N) is 4. The summed E-state index contributed by atoms with van der Waals surface area (Å²) in [6, 6.07) is 18.4. The van der Waals surface area contributed by atoms with E-state index in [1.54, 1.807) is 11.3 Å². The number of aromatic nitrogens is 3. The van der Waals surface area contributed by atoms with E-state index in [-0.39, 0.29) is 18.6 Å². The van der Waals surface area contributed by atoms with Crippen LogP contribution in [0.3, 0.4) is 0 Å². The first-order valence-corrected chi connectivity index (χ1v) is 13.8. The molecule has 3 atom stereocenters. The number of aliphatic hydroxyl groups is 1. The number of aryl methyl sites for hydroxylation is 1. The number of hydrogen-bond acceptors (Lipinski definition) is 9. The Morgan fingerprint density at radius 2 is 1.79 bits per heavy atom. The highest BCUT2D eigenvalue weighted by molar-refractivity contribution is 7.21. The summed E-state index contributed by atoms with van der Waals surface area (Å²) < 4.78 is 13.6. The van der Waals surface area contributed by atoms with Crippen LogP contribution >= 0.6 is 11.3 Å². The monoisotopic (exact) mass is 533 g/mol. The molecule has 0 bridgehead atoms. The van der Waals surface area contributed by atoms with Crippen LogP contribution in [-0.4, -0.2) is 51.8 Å². The smallest absolute Gasteiger partial charge is 0.227 e. The SMILES string of the molecule is CCC(CO)C1OC(C)(C)OC1Nc1nc(N(C)Cc2ccccc2)nc(C)c1-c1nc2ccccc2s1. The van der Waals surface area contributed by atoms with Gasteiger partial charge in [0.15, 0.2) is 12.0 Å². The molecule has 200 valence electrons. The number of aliphatic hydroxyl groups excluding tert-OH is 1. The highest BCUT2D eigenvalue weighted by Gasteiger charge is 2.45. The van der Waals surface area contributed by atoms with Crippen LogP contribution in [0.5, 0.6) is 0 Å². The van der Waals surface area contributed by atoms with Crippen molar-refractivity contribution in [1.29, 1.82) is 0 Å². The zero-order valence-corrected chi connectivity index (χ0v) is 23.3. The zero-order valence-electron chi connectivity index (χ0n) is 22.5. The first-order valence-electron chi connectivity index (χ1n) is 13.0. The van der Waals surface area contributed by atoms with Crippen LogP contribution in [0.4, 0.5) is 11.8 Å². The van der Waals surface area contributed by atoms with Crippen LogP contribution in [0.2, 0.25) is 0 Å². The second-order valence-corrected chi connectivity index (χ2v) is 11.2. The van der Waals surface area contributed by atoms with E-state index in [0.29, 0.717) is 18.3 Å². The molecule has 9 heteroatoms. The molecule has 2 N–H and O–H groups in total. The van der Waals surface area contributed by atoms with E-state index in [4.69, 9.17) is 24.4 Å². The molecule has 1 aliphatic rings. The minimum Gasteiger partial charge on any atom is -0.396 e. The van der Waals surface area contributed by atoms with E-state index in [1.165, 1.54) is 5.56 Å². The van der Waals surface area contributed by atoms with E-state index >= 15 is 0 Å². The van der Waals surface area contributed by atoms with Crippen LogP contribution in [0, 0.1) is 12.8 Å². The number of rotatable bonds is 9. The Hall–Kier alpha value is -3.11. The number of benzene rings is 2. The summed E-state index contributed by atoms with van der Waals surface area (Å²) in [5.74, 6) is 0.359. The molecule has 1 fully saturated rings. The Morgan fingerprint density at radius 1 is 1.05 bits per heavy atom. The van der Waals surface area contributed by atoms with Crippen molar-refractivity contribution < 1.29 is 14.6 Å². The summed E-state index contributed by atoms with van der Waals surface area (Å²) in [4.78, 5) is 16.8. The topological polar surface area (TPSA) is 92.6 Å². The molecule has 0 amide bonds. The second kappa shape index (κ2) is 10.9. The number of anilines is 2. The lowest BCUT2D eigenvalue weighted by Gasteiger charge is -2.26. The molecule has 5 rings (SSSR count). The van der Waals surface area contributed by atoms with Crippen LogP contribution in [0.15, 0.2) is 54.6 Å². The number of hydrogen-bond donors (Lipinski definition) is 2. The van der Waals surface area contributed by atoms with Crippen molar-refractivity contribution >= 4 is 33.3 Å². The molecule has 1 aliphatic heterocycles. The molecule has 2 aromatic carbocycles. The first-order chi connectivity index (χ1) is 18.3. The molecule has 0 spiro atoms. The molecule has 38 heavy (non-hydrogen) atoms. The molecular formula is C29H35N5O3S. The van der Waals surface area contributed by atoms with Gasteiger partial charge in [0, 0.05) is 26.1 Å². The number of thiazole rings is 1. The van der Waals surface area contributed by atoms with Gasteiger partial charge in [-0.25, -0.2) is 9.97 Å². The lowest BCUT2D eigenvalue weighted by molar-refractivity contribution is -0.150. The molecule has 0 radical (unpaired) electrons. The van der Waals surface area contributed by atoms with Crippen molar-refractivity contribution in [3.05, 3.63) is 65.9 Å². The maximum absolute atomic E-state index is 10.1. The van der Waals surface area contributed by atoms with Crippen molar-refractivity contribution in [3.8, 4) is 10.6 Å². The number of para-hydroxylation sites is 1. The molecular weight excluding hydrogens is 498 g/mol.